The molecule has 0 aliphatic heterocycles. The number of rotatable bonds is 2. The van der Waals surface area contributed by atoms with Crippen molar-refractivity contribution >= 4 is 17.6 Å². The predicted molar refractivity (Wildman–Crippen MR) is 77.0 cm³/mol. The van der Waals surface area contributed by atoms with E-state index in [2.05, 4.69) is 11.8 Å². The fourth-order valence-corrected chi connectivity index (χ4v) is 1.56. The summed E-state index contributed by atoms with van der Waals surface area (Å²) < 4.78 is 10.1. The van der Waals surface area contributed by atoms with Gasteiger partial charge in [-0.25, -0.2) is 4.79 Å². The Morgan fingerprint density at radius 3 is 2.20 bits per heavy atom. The fourth-order valence-electron chi connectivity index (χ4n) is 1.43. The topological polar surface area (TPSA) is 35.5 Å². The summed E-state index contributed by atoms with van der Waals surface area (Å²) in [4.78, 5) is 11.5. The first-order valence-electron chi connectivity index (χ1n) is 5.81. The average molecular weight is 287 g/mol. The molecule has 0 heterocycles. The van der Waals surface area contributed by atoms with E-state index in [4.69, 9.17) is 21.1 Å². The van der Waals surface area contributed by atoms with Crippen LogP contribution in [0.2, 0.25) is 5.02 Å². The van der Waals surface area contributed by atoms with E-state index >= 15 is 0 Å². The summed E-state index contributed by atoms with van der Waals surface area (Å²) in [7, 11) is 1.59. The maximum Gasteiger partial charge on any atom is 0.390 e. The van der Waals surface area contributed by atoms with Gasteiger partial charge in [0, 0.05) is 16.5 Å². The number of ether oxygens (including phenoxy) is 2. The largest absolute Gasteiger partial charge is 0.497 e. The number of hydrogen-bond acceptors (Lipinski definition) is 3. The highest BCUT2D eigenvalue weighted by Crippen LogP contribution is 2.15. The number of esters is 1. The molecule has 0 spiro atoms. The minimum absolute atomic E-state index is 0.406. The van der Waals surface area contributed by atoms with E-state index in [0.717, 1.165) is 5.75 Å². The Labute approximate surface area is 122 Å². The zero-order chi connectivity index (χ0) is 14.4. The van der Waals surface area contributed by atoms with Gasteiger partial charge in [-0.3, -0.25) is 0 Å². The molecule has 2 aromatic carbocycles. The molecule has 0 N–H and O–H groups in total. The van der Waals surface area contributed by atoms with E-state index in [9.17, 15) is 4.79 Å². The van der Waals surface area contributed by atoms with Crippen molar-refractivity contribution in [3.05, 3.63) is 59.1 Å². The molecule has 0 aliphatic carbocycles. The summed E-state index contributed by atoms with van der Waals surface area (Å²) in [5.74, 6) is 5.66. The quantitative estimate of drug-likeness (QED) is 0.483. The molecule has 0 saturated carbocycles. The molecule has 20 heavy (non-hydrogen) atoms. The van der Waals surface area contributed by atoms with Gasteiger partial charge in [0.05, 0.1) is 7.11 Å². The van der Waals surface area contributed by atoms with Crippen molar-refractivity contribution in [1.29, 1.82) is 0 Å². The SMILES string of the molecule is COc1ccc(C#CC(=O)Oc2ccc(Cl)cc2)cc1. The normalized spacial score (nSPS) is 9.30. The molecule has 0 aliphatic rings. The lowest BCUT2D eigenvalue weighted by atomic mass is 10.2. The molecule has 0 bridgehead atoms. The molecule has 3 nitrogen and oxygen atoms in total. The van der Waals surface area contributed by atoms with Crippen molar-refractivity contribution in [2.75, 3.05) is 7.11 Å². The minimum atomic E-state index is -0.622. The number of halogens is 1. The minimum Gasteiger partial charge on any atom is -0.497 e. The highest BCUT2D eigenvalue weighted by Gasteiger charge is 2.00. The lowest BCUT2D eigenvalue weighted by Gasteiger charge is -1.99. The molecule has 2 aromatic rings. The third kappa shape index (κ3) is 4.04. The van der Waals surface area contributed by atoms with Crippen LogP contribution in [0.15, 0.2) is 48.5 Å². The maximum atomic E-state index is 11.5. The number of carbonyl (C=O) groups is 1. The number of methoxy groups -OCH3 is 1. The van der Waals surface area contributed by atoms with E-state index in [1.807, 2.05) is 0 Å². The maximum absolute atomic E-state index is 11.5. The summed E-state index contributed by atoms with van der Waals surface area (Å²) in [6.45, 7) is 0. The zero-order valence-electron chi connectivity index (χ0n) is 10.7. The monoisotopic (exact) mass is 286 g/mol. The van der Waals surface area contributed by atoms with Gasteiger partial charge in [0.15, 0.2) is 0 Å². The van der Waals surface area contributed by atoms with Crippen LogP contribution in [-0.2, 0) is 4.79 Å². The van der Waals surface area contributed by atoms with Crippen molar-refractivity contribution in [1.82, 2.24) is 0 Å². The van der Waals surface area contributed by atoms with Crippen LogP contribution in [0.4, 0.5) is 0 Å². The van der Waals surface area contributed by atoms with Gasteiger partial charge < -0.3 is 9.47 Å². The Kier molecular flexibility index (Phi) is 4.65. The molecule has 100 valence electrons. The Hall–Kier alpha value is -2.44. The molecule has 0 saturated heterocycles. The third-order valence-electron chi connectivity index (χ3n) is 2.42. The van der Waals surface area contributed by atoms with E-state index in [1.54, 1.807) is 55.6 Å². The number of benzene rings is 2. The third-order valence-corrected chi connectivity index (χ3v) is 2.68. The van der Waals surface area contributed by atoms with E-state index < -0.39 is 5.97 Å². The van der Waals surface area contributed by atoms with Crippen LogP contribution in [0.1, 0.15) is 5.56 Å². The molecular weight excluding hydrogens is 276 g/mol. The van der Waals surface area contributed by atoms with Crippen molar-refractivity contribution < 1.29 is 14.3 Å². The Balaban J connectivity index is 2.00. The lowest BCUT2D eigenvalue weighted by Crippen LogP contribution is -2.04. The van der Waals surface area contributed by atoms with E-state index in [-0.39, 0.29) is 0 Å². The number of hydrogen-bond donors (Lipinski definition) is 0. The summed E-state index contributed by atoms with van der Waals surface area (Å²) in [6.07, 6.45) is 0. The second-order valence-corrected chi connectivity index (χ2v) is 4.26. The first-order chi connectivity index (χ1) is 9.67. The Morgan fingerprint density at radius 1 is 1.00 bits per heavy atom. The van der Waals surface area contributed by atoms with Gasteiger partial charge in [0.25, 0.3) is 0 Å². The van der Waals surface area contributed by atoms with Crippen LogP contribution in [0.3, 0.4) is 0 Å². The highest BCUT2D eigenvalue weighted by molar-refractivity contribution is 6.30. The van der Waals surface area contributed by atoms with E-state index in [0.29, 0.717) is 16.3 Å². The van der Waals surface area contributed by atoms with Gasteiger partial charge in [-0.15, -0.1) is 0 Å². The van der Waals surface area contributed by atoms with E-state index in [1.165, 1.54) is 0 Å². The molecule has 0 radical (unpaired) electrons. The summed E-state index contributed by atoms with van der Waals surface area (Å²) in [5.41, 5.74) is 0.707. The van der Waals surface area contributed by atoms with Crippen LogP contribution < -0.4 is 9.47 Å². The van der Waals surface area contributed by atoms with Crippen molar-refractivity contribution in [3.63, 3.8) is 0 Å². The molecule has 2 rings (SSSR count). The standard InChI is InChI=1S/C16H11ClO3/c1-19-14-7-2-12(3-8-14)4-11-16(18)20-15-9-5-13(17)6-10-15/h2-3,5-10H,1H3. The molecule has 0 atom stereocenters. The lowest BCUT2D eigenvalue weighted by molar-refractivity contribution is -0.128. The first-order valence-corrected chi connectivity index (χ1v) is 6.18. The van der Waals surface area contributed by atoms with Crippen molar-refractivity contribution in [2.24, 2.45) is 0 Å². The van der Waals surface area contributed by atoms with Gasteiger partial charge in [0.1, 0.15) is 11.5 Å². The molecule has 0 aromatic heterocycles. The molecule has 4 heteroatoms. The molecule has 0 unspecified atom stereocenters. The second-order valence-electron chi connectivity index (χ2n) is 3.82. The second kappa shape index (κ2) is 6.65. The summed E-state index contributed by atoms with van der Waals surface area (Å²) in [5, 5.41) is 0.578. The fraction of sp³-hybridized carbons (Fsp3) is 0.0625. The smallest absolute Gasteiger partial charge is 0.390 e. The van der Waals surface area contributed by atoms with Gasteiger partial charge in [0.2, 0.25) is 0 Å². The van der Waals surface area contributed by atoms with Crippen molar-refractivity contribution in [3.8, 4) is 23.3 Å². The summed E-state index contributed by atoms with van der Waals surface area (Å²) in [6, 6.07) is 13.6. The van der Waals surface area contributed by atoms with Crippen LogP contribution in [-0.4, -0.2) is 13.1 Å². The molecule has 0 amide bonds. The van der Waals surface area contributed by atoms with Crippen LogP contribution >= 0.6 is 11.6 Å². The van der Waals surface area contributed by atoms with Crippen LogP contribution in [0.5, 0.6) is 11.5 Å². The Bertz CT molecular complexity index is 649. The zero-order valence-corrected chi connectivity index (χ0v) is 11.5. The van der Waals surface area contributed by atoms with Crippen LogP contribution in [0, 0.1) is 11.8 Å². The van der Waals surface area contributed by atoms with Crippen molar-refractivity contribution in [2.45, 2.75) is 0 Å². The van der Waals surface area contributed by atoms with Gasteiger partial charge in [-0.1, -0.05) is 17.5 Å². The van der Waals surface area contributed by atoms with Gasteiger partial charge in [-0.2, -0.15) is 0 Å². The Morgan fingerprint density at radius 2 is 1.60 bits per heavy atom. The van der Waals surface area contributed by atoms with Gasteiger partial charge in [-0.05, 0) is 48.5 Å². The van der Waals surface area contributed by atoms with Crippen LogP contribution in [0.25, 0.3) is 0 Å². The number of carbonyl (C=O) groups excluding carboxylic acids is 1. The predicted octanol–water partition coefficient (Wildman–Crippen LogP) is 3.31. The first kappa shape index (κ1) is 14.0. The molecular formula is C16H11ClO3. The summed E-state index contributed by atoms with van der Waals surface area (Å²) >= 11 is 5.74. The molecule has 0 fully saturated rings. The van der Waals surface area contributed by atoms with Gasteiger partial charge >= 0.3 is 5.97 Å². The highest BCUT2D eigenvalue weighted by atomic mass is 35.5. The average Bonchev–Trinajstić information content (AvgIpc) is 2.48.